The standard InChI is InChI=1S/C11H11N5S/c1-6-10(17-7(2)15-6)8-3-13-11-14-4-9(12)16(11)5-8/h3-5H,12H2,1-2H3. The lowest BCUT2D eigenvalue weighted by Gasteiger charge is -2.00. The number of hydrogen-bond acceptors (Lipinski definition) is 5. The van der Waals surface area contributed by atoms with E-state index >= 15 is 0 Å². The summed E-state index contributed by atoms with van der Waals surface area (Å²) >= 11 is 1.66. The fourth-order valence-electron chi connectivity index (χ4n) is 1.81. The van der Waals surface area contributed by atoms with Crippen molar-refractivity contribution in [3.05, 3.63) is 29.3 Å². The van der Waals surface area contributed by atoms with Gasteiger partial charge in [-0.3, -0.25) is 4.40 Å². The Hall–Kier alpha value is -1.95. The van der Waals surface area contributed by atoms with Gasteiger partial charge in [0.05, 0.1) is 21.8 Å². The van der Waals surface area contributed by atoms with Crippen LogP contribution in [0.5, 0.6) is 0 Å². The summed E-state index contributed by atoms with van der Waals surface area (Å²) in [5.41, 5.74) is 7.85. The molecular weight excluding hydrogens is 234 g/mol. The number of nitrogens with two attached hydrogens (primary N) is 1. The van der Waals surface area contributed by atoms with Gasteiger partial charge in [-0.15, -0.1) is 11.3 Å². The Kier molecular flexibility index (Phi) is 2.12. The zero-order valence-corrected chi connectivity index (χ0v) is 10.3. The van der Waals surface area contributed by atoms with Gasteiger partial charge >= 0.3 is 0 Å². The van der Waals surface area contributed by atoms with Crippen molar-refractivity contribution in [2.45, 2.75) is 13.8 Å². The monoisotopic (exact) mass is 245 g/mol. The highest BCUT2D eigenvalue weighted by Crippen LogP contribution is 2.29. The van der Waals surface area contributed by atoms with Crippen LogP contribution in [0.1, 0.15) is 10.7 Å². The third kappa shape index (κ3) is 1.57. The van der Waals surface area contributed by atoms with E-state index in [2.05, 4.69) is 15.0 Å². The Balaban J connectivity index is 2.23. The van der Waals surface area contributed by atoms with Crippen molar-refractivity contribution < 1.29 is 0 Å². The molecule has 0 bridgehead atoms. The van der Waals surface area contributed by atoms with E-state index in [1.54, 1.807) is 21.9 Å². The minimum absolute atomic E-state index is 0.591. The third-order valence-corrected chi connectivity index (χ3v) is 3.68. The Bertz CT molecular complexity index is 697. The highest BCUT2D eigenvalue weighted by Gasteiger charge is 2.10. The zero-order chi connectivity index (χ0) is 12.0. The number of thiazole rings is 1. The molecule has 2 N–H and O–H groups in total. The van der Waals surface area contributed by atoms with E-state index in [1.165, 1.54) is 0 Å². The Morgan fingerprint density at radius 3 is 2.71 bits per heavy atom. The van der Waals surface area contributed by atoms with Gasteiger partial charge in [0.2, 0.25) is 5.78 Å². The molecule has 0 aromatic carbocycles. The number of fused-ring (bicyclic) bond motifs is 1. The molecule has 0 amide bonds. The summed E-state index contributed by atoms with van der Waals surface area (Å²) in [4.78, 5) is 13.9. The van der Waals surface area contributed by atoms with Crippen molar-refractivity contribution in [1.82, 2.24) is 19.4 Å². The van der Waals surface area contributed by atoms with Crippen LogP contribution in [0, 0.1) is 13.8 Å². The Morgan fingerprint density at radius 2 is 2.00 bits per heavy atom. The number of hydrogen-bond donors (Lipinski definition) is 1. The van der Waals surface area contributed by atoms with Gasteiger partial charge in [0.25, 0.3) is 0 Å². The Morgan fingerprint density at radius 1 is 1.24 bits per heavy atom. The Labute approximate surface area is 102 Å². The van der Waals surface area contributed by atoms with Gasteiger partial charge in [0, 0.05) is 18.0 Å². The van der Waals surface area contributed by atoms with Crippen molar-refractivity contribution in [2.75, 3.05) is 5.73 Å². The van der Waals surface area contributed by atoms with Gasteiger partial charge in [-0.1, -0.05) is 0 Å². The molecule has 5 nitrogen and oxygen atoms in total. The molecule has 0 spiro atoms. The van der Waals surface area contributed by atoms with Crippen LogP contribution >= 0.6 is 11.3 Å². The van der Waals surface area contributed by atoms with Crippen molar-refractivity contribution in [1.29, 1.82) is 0 Å². The second-order valence-electron chi connectivity index (χ2n) is 3.84. The van der Waals surface area contributed by atoms with E-state index in [0.717, 1.165) is 21.1 Å². The predicted octanol–water partition coefficient (Wildman–Crippen LogP) is 2.05. The lowest BCUT2D eigenvalue weighted by molar-refractivity contribution is 1.12. The highest BCUT2D eigenvalue weighted by atomic mass is 32.1. The van der Waals surface area contributed by atoms with Crippen molar-refractivity contribution in [3.63, 3.8) is 0 Å². The van der Waals surface area contributed by atoms with Crippen LogP contribution in [-0.4, -0.2) is 19.4 Å². The highest BCUT2D eigenvalue weighted by molar-refractivity contribution is 7.15. The largest absolute Gasteiger partial charge is 0.383 e. The van der Waals surface area contributed by atoms with E-state index in [1.807, 2.05) is 26.2 Å². The predicted molar refractivity (Wildman–Crippen MR) is 68.0 cm³/mol. The van der Waals surface area contributed by atoms with Gasteiger partial charge in [-0.2, -0.15) is 0 Å². The second kappa shape index (κ2) is 3.53. The van der Waals surface area contributed by atoms with Crippen molar-refractivity contribution in [2.24, 2.45) is 0 Å². The molecule has 17 heavy (non-hydrogen) atoms. The van der Waals surface area contributed by atoms with Crippen LogP contribution in [0.25, 0.3) is 16.2 Å². The summed E-state index contributed by atoms with van der Waals surface area (Å²) < 4.78 is 1.78. The molecule has 3 rings (SSSR count). The first-order chi connectivity index (χ1) is 8.15. The molecule has 0 aliphatic carbocycles. The van der Waals surface area contributed by atoms with Gasteiger partial charge in [0.1, 0.15) is 5.82 Å². The first kappa shape index (κ1) is 10.2. The molecule has 6 heteroatoms. The zero-order valence-electron chi connectivity index (χ0n) is 9.51. The number of imidazole rings is 1. The molecule has 0 radical (unpaired) electrons. The van der Waals surface area contributed by atoms with E-state index in [-0.39, 0.29) is 0 Å². The number of nitrogen functional groups attached to an aromatic ring is 1. The van der Waals surface area contributed by atoms with Crippen LogP contribution < -0.4 is 5.73 Å². The molecule has 0 saturated heterocycles. The normalized spacial score (nSPS) is 11.2. The first-order valence-corrected chi connectivity index (χ1v) is 6.00. The average molecular weight is 245 g/mol. The number of nitrogens with zero attached hydrogens (tertiary/aromatic N) is 4. The van der Waals surface area contributed by atoms with Crippen LogP contribution in [-0.2, 0) is 0 Å². The van der Waals surface area contributed by atoms with E-state index in [0.29, 0.717) is 11.6 Å². The average Bonchev–Trinajstić information content (AvgIpc) is 2.83. The SMILES string of the molecule is Cc1nc(C)c(-c2cnc3ncc(N)n3c2)s1. The molecule has 0 aliphatic heterocycles. The van der Waals surface area contributed by atoms with Crippen LogP contribution in [0.4, 0.5) is 5.82 Å². The summed E-state index contributed by atoms with van der Waals surface area (Å²) in [6, 6.07) is 0. The molecule has 3 aromatic rings. The van der Waals surface area contributed by atoms with Gasteiger partial charge < -0.3 is 5.73 Å². The summed E-state index contributed by atoms with van der Waals surface area (Å²) in [7, 11) is 0. The van der Waals surface area contributed by atoms with Gasteiger partial charge in [-0.05, 0) is 13.8 Å². The van der Waals surface area contributed by atoms with Gasteiger partial charge in [0.15, 0.2) is 0 Å². The maximum absolute atomic E-state index is 5.81. The fraction of sp³-hybridized carbons (Fsp3) is 0.182. The number of aryl methyl sites for hydroxylation is 2. The molecular formula is C11H11N5S. The van der Waals surface area contributed by atoms with E-state index in [9.17, 15) is 0 Å². The molecule has 3 heterocycles. The molecule has 0 unspecified atom stereocenters. The lowest BCUT2D eigenvalue weighted by Crippen LogP contribution is -1.95. The molecule has 0 fully saturated rings. The molecule has 0 aliphatic rings. The topological polar surface area (TPSA) is 69.1 Å². The smallest absolute Gasteiger partial charge is 0.235 e. The third-order valence-electron chi connectivity index (χ3n) is 2.56. The summed E-state index contributed by atoms with van der Waals surface area (Å²) in [6.07, 6.45) is 5.36. The van der Waals surface area contributed by atoms with Gasteiger partial charge in [-0.25, -0.2) is 15.0 Å². The van der Waals surface area contributed by atoms with Crippen LogP contribution in [0.15, 0.2) is 18.6 Å². The first-order valence-electron chi connectivity index (χ1n) is 5.18. The maximum atomic E-state index is 5.81. The van der Waals surface area contributed by atoms with Crippen molar-refractivity contribution >= 4 is 22.9 Å². The van der Waals surface area contributed by atoms with E-state index in [4.69, 9.17) is 5.73 Å². The minimum atomic E-state index is 0.591. The van der Waals surface area contributed by atoms with Crippen LogP contribution in [0.3, 0.4) is 0 Å². The molecule has 0 saturated carbocycles. The molecule has 0 atom stereocenters. The van der Waals surface area contributed by atoms with Crippen molar-refractivity contribution in [3.8, 4) is 10.4 Å². The number of aromatic nitrogens is 4. The van der Waals surface area contributed by atoms with Crippen LogP contribution in [0.2, 0.25) is 0 Å². The number of rotatable bonds is 1. The molecule has 86 valence electrons. The summed E-state index contributed by atoms with van der Waals surface area (Å²) in [6.45, 7) is 4.00. The second-order valence-corrected chi connectivity index (χ2v) is 5.05. The summed E-state index contributed by atoms with van der Waals surface area (Å²) in [5, 5.41) is 1.05. The van der Waals surface area contributed by atoms with E-state index < -0.39 is 0 Å². The lowest BCUT2D eigenvalue weighted by atomic mass is 10.2. The summed E-state index contributed by atoms with van der Waals surface area (Å²) in [5.74, 6) is 1.21. The molecule has 3 aromatic heterocycles. The number of anilines is 1. The fourth-order valence-corrected chi connectivity index (χ4v) is 2.70. The maximum Gasteiger partial charge on any atom is 0.235 e. The minimum Gasteiger partial charge on any atom is -0.383 e. The quantitative estimate of drug-likeness (QED) is 0.712.